The van der Waals surface area contributed by atoms with Crippen LogP contribution in [0.3, 0.4) is 0 Å². The van der Waals surface area contributed by atoms with Crippen molar-refractivity contribution in [1.29, 1.82) is 0 Å². The van der Waals surface area contributed by atoms with Crippen molar-refractivity contribution in [3.63, 3.8) is 0 Å². The fraction of sp³-hybridized carbons (Fsp3) is 0.263. The second-order valence-electron chi connectivity index (χ2n) is 5.95. The van der Waals surface area contributed by atoms with Crippen molar-refractivity contribution >= 4 is 41.5 Å². The molecular formula is C19H24IN7O2. The van der Waals surface area contributed by atoms with Gasteiger partial charge in [-0.25, -0.2) is 0 Å². The third-order valence-electron chi connectivity index (χ3n) is 4.09. The van der Waals surface area contributed by atoms with E-state index in [2.05, 4.69) is 31.1 Å². The van der Waals surface area contributed by atoms with Crippen molar-refractivity contribution in [3.8, 4) is 5.75 Å². The maximum Gasteiger partial charge on any atom is 0.239 e. The topological polar surface area (TPSA) is 105 Å². The lowest BCUT2D eigenvalue weighted by Gasteiger charge is -2.11. The lowest BCUT2D eigenvalue weighted by atomic mass is 10.2. The Morgan fingerprint density at radius 2 is 1.86 bits per heavy atom. The first-order valence-electron chi connectivity index (χ1n) is 8.82. The number of aliphatic imine (C=N–C) groups is 1. The molecule has 2 heterocycles. The fourth-order valence-corrected chi connectivity index (χ4v) is 2.57. The Kier molecular flexibility index (Phi) is 8.65. The Labute approximate surface area is 186 Å². The van der Waals surface area contributed by atoms with Crippen molar-refractivity contribution in [2.45, 2.75) is 13.1 Å². The average Bonchev–Trinajstić information content (AvgIpc) is 3.16. The number of carbonyl (C=O) groups excluding carboxylic acids is 1. The summed E-state index contributed by atoms with van der Waals surface area (Å²) in [5.41, 5.74) is 1.77. The van der Waals surface area contributed by atoms with E-state index in [-0.39, 0.29) is 36.4 Å². The number of hydrogen-bond donors (Lipinski definition) is 3. The summed E-state index contributed by atoms with van der Waals surface area (Å²) in [5.74, 6) is 1.91. The maximum atomic E-state index is 12.1. The number of benzene rings is 1. The Hall–Kier alpha value is -2.89. The molecule has 0 radical (unpaired) electrons. The van der Waals surface area contributed by atoms with Gasteiger partial charge in [0.25, 0.3) is 0 Å². The number of methoxy groups -OCH3 is 1. The van der Waals surface area contributed by atoms with E-state index in [1.54, 1.807) is 14.2 Å². The molecule has 3 N–H and O–H groups in total. The lowest BCUT2D eigenvalue weighted by molar-refractivity contribution is -0.120. The van der Waals surface area contributed by atoms with Gasteiger partial charge < -0.3 is 20.7 Å². The van der Waals surface area contributed by atoms with Crippen LogP contribution < -0.4 is 20.7 Å². The summed E-state index contributed by atoms with van der Waals surface area (Å²) < 4.78 is 7.01. The Morgan fingerprint density at radius 3 is 2.59 bits per heavy atom. The summed E-state index contributed by atoms with van der Waals surface area (Å²) in [7, 11) is 3.27. The number of pyridine rings is 1. The number of aromatic nitrogens is 3. The summed E-state index contributed by atoms with van der Waals surface area (Å²) in [4.78, 5) is 16.2. The first-order chi connectivity index (χ1) is 13.7. The van der Waals surface area contributed by atoms with E-state index in [9.17, 15) is 4.79 Å². The van der Waals surface area contributed by atoms with Crippen LogP contribution in [0.2, 0.25) is 0 Å². The summed E-state index contributed by atoms with van der Waals surface area (Å²) in [6.45, 7) is 0.983. The van der Waals surface area contributed by atoms with Gasteiger partial charge in [-0.2, -0.15) is 0 Å². The van der Waals surface area contributed by atoms with Gasteiger partial charge in [-0.1, -0.05) is 18.2 Å². The average molecular weight is 509 g/mol. The third kappa shape index (κ3) is 6.31. The number of carbonyl (C=O) groups is 1. The maximum absolute atomic E-state index is 12.1. The third-order valence-corrected chi connectivity index (χ3v) is 4.09. The van der Waals surface area contributed by atoms with Crippen molar-refractivity contribution in [3.05, 3.63) is 60.0 Å². The number of amides is 1. The van der Waals surface area contributed by atoms with Crippen molar-refractivity contribution < 1.29 is 9.53 Å². The molecule has 0 saturated heterocycles. The smallest absolute Gasteiger partial charge is 0.239 e. The van der Waals surface area contributed by atoms with Gasteiger partial charge in [0.2, 0.25) is 5.91 Å². The molecule has 0 atom stereocenters. The Bertz CT molecular complexity index is 957. The van der Waals surface area contributed by atoms with Gasteiger partial charge in [0, 0.05) is 19.8 Å². The molecule has 0 fully saturated rings. The summed E-state index contributed by atoms with van der Waals surface area (Å²) in [6, 6.07) is 13.3. The fourth-order valence-electron chi connectivity index (χ4n) is 2.57. The van der Waals surface area contributed by atoms with Crippen LogP contribution in [0.25, 0.3) is 5.65 Å². The summed E-state index contributed by atoms with van der Waals surface area (Å²) >= 11 is 0. The highest BCUT2D eigenvalue weighted by molar-refractivity contribution is 14.0. The van der Waals surface area contributed by atoms with E-state index < -0.39 is 0 Å². The molecule has 0 aliphatic heterocycles. The first kappa shape index (κ1) is 22.4. The highest BCUT2D eigenvalue weighted by Gasteiger charge is 2.07. The number of fused-ring (bicyclic) bond motifs is 1. The SMILES string of the molecule is CN=C(NCC(=O)NCc1ccc(OC)cc1)NCc1nnc2ccccn12.I. The van der Waals surface area contributed by atoms with E-state index in [0.717, 1.165) is 22.8 Å². The highest BCUT2D eigenvalue weighted by Crippen LogP contribution is 2.10. The first-order valence-corrected chi connectivity index (χ1v) is 8.82. The van der Waals surface area contributed by atoms with Crippen molar-refractivity contribution in [2.75, 3.05) is 20.7 Å². The van der Waals surface area contributed by atoms with Crippen LogP contribution in [0, 0.1) is 0 Å². The minimum atomic E-state index is -0.133. The highest BCUT2D eigenvalue weighted by atomic mass is 127. The molecule has 2 aromatic heterocycles. The Balaban J connectivity index is 0.00000300. The second kappa shape index (κ2) is 11.2. The van der Waals surface area contributed by atoms with Crippen LogP contribution in [-0.4, -0.2) is 47.2 Å². The van der Waals surface area contributed by atoms with Crippen LogP contribution >= 0.6 is 24.0 Å². The largest absolute Gasteiger partial charge is 0.497 e. The van der Waals surface area contributed by atoms with Gasteiger partial charge >= 0.3 is 0 Å². The molecular weight excluding hydrogens is 485 g/mol. The molecule has 0 spiro atoms. The Morgan fingerprint density at radius 1 is 1.07 bits per heavy atom. The molecule has 154 valence electrons. The predicted molar refractivity (Wildman–Crippen MR) is 121 cm³/mol. The van der Waals surface area contributed by atoms with Crippen LogP contribution in [-0.2, 0) is 17.9 Å². The van der Waals surface area contributed by atoms with Gasteiger partial charge in [0.1, 0.15) is 5.75 Å². The quantitative estimate of drug-likeness (QED) is 0.252. The molecule has 0 aliphatic rings. The standard InChI is InChI=1S/C19H23N7O2.HI/c1-20-19(22-12-17-25-24-16-5-3-4-10-26(16)17)23-13-18(27)21-11-14-6-8-15(28-2)9-7-14;/h3-10H,11-13H2,1-2H3,(H,21,27)(H2,20,22,23);1H. The minimum Gasteiger partial charge on any atom is -0.497 e. The number of halogens is 1. The number of nitrogens with one attached hydrogen (secondary N) is 3. The summed E-state index contributed by atoms with van der Waals surface area (Å²) in [5, 5.41) is 17.2. The number of hydrogen-bond acceptors (Lipinski definition) is 5. The number of nitrogens with zero attached hydrogens (tertiary/aromatic N) is 4. The van der Waals surface area contributed by atoms with Crippen LogP contribution in [0.5, 0.6) is 5.75 Å². The van der Waals surface area contributed by atoms with E-state index in [1.807, 2.05) is 53.1 Å². The zero-order valence-corrected chi connectivity index (χ0v) is 18.6. The summed E-state index contributed by atoms with van der Waals surface area (Å²) in [6.07, 6.45) is 1.90. The number of ether oxygens (including phenoxy) is 1. The predicted octanol–water partition coefficient (Wildman–Crippen LogP) is 1.34. The molecule has 0 saturated carbocycles. The number of guanidine groups is 1. The van der Waals surface area contributed by atoms with Gasteiger partial charge in [0.05, 0.1) is 20.2 Å². The van der Waals surface area contributed by atoms with Crippen molar-refractivity contribution in [2.24, 2.45) is 4.99 Å². The van der Waals surface area contributed by atoms with Gasteiger partial charge in [-0.3, -0.25) is 14.2 Å². The van der Waals surface area contributed by atoms with Crippen LogP contribution in [0.1, 0.15) is 11.4 Å². The van der Waals surface area contributed by atoms with Gasteiger partial charge in [-0.05, 0) is 29.8 Å². The molecule has 0 bridgehead atoms. The molecule has 3 aromatic rings. The van der Waals surface area contributed by atoms with Crippen LogP contribution in [0.4, 0.5) is 0 Å². The minimum absolute atomic E-state index is 0. The number of rotatable bonds is 7. The van der Waals surface area contributed by atoms with E-state index in [0.29, 0.717) is 19.0 Å². The molecule has 1 aromatic carbocycles. The molecule has 0 unspecified atom stereocenters. The zero-order chi connectivity index (χ0) is 19.8. The van der Waals surface area contributed by atoms with Gasteiger partial charge in [-0.15, -0.1) is 34.2 Å². The van der Waals surface area contributed by atoms with E-state index in [4.69, 9.17) is 4.74 Å². The second-order valence-corrected chi connectivity index (χ2v) is 5.95. The molecule has 29 heavy (non-hydrogen) atoms. The van der Waals surface area contributed by atoms with Crippen molar-refractivity contribution in [1.82, 2.24) is 30.5 Å². The molecule has 9 nitrogen and oxygen atoms in total. The molecule has 0 aliphatic carbocycles. The van der Waals surface area contributed by atoms with Gasteiger partial charge in [0.15, 0.2) is 17.4 Å². The van der Waals surface area contributed by atoms with Crippen LogP contribution in [0.15, 0.2) is 53.7 Å². The molecule has 10 heteroatoms. The normalized spacial score (nSPS) is 10.9. The van der Waals surface area contributed by atoms with E-state index >= 15 is 0 Å². The molecule has 1 amide bonds. The zero-order valence-electron chi connectivity index (χ0n) is 16.3. The van der Waals surface area contributed by atoms with E-state index in [1.165, 1.54) is 0 Å². The monoisotopic (exact) mass is 509 g/mol. The lowest BCUT2D eigenvalue weighted by Crippen LogP contribution is -2.42. The molecule has 3 rings (SSSR count).